The lowest BCUT2D eigenvalue weighted by molar-refractivity contribution is 0.449. The second-order valence-corrected chi connectivity index (χ2v) is 18.9. The van der Waals surface area contributed by atoms with Crippen LogP contribution in [0.4, 0.5) is 17.1 Å². The van der Waals surface area contributed by atoms with Gasteiger partial charge in [0.25, 0.3) is 0 Å². The summed E-state index contributed by atoms with van der Waals surface area (Å²) in [5.41, 5.74) is 19.8. The lowest BCUT2D eigenvalue weighted by atomic mass is 9.82. The first-order valence-electron chi connectivity index (χ1n) is 21.3. The van der Waals surface area contributed by atoms with E-state index in [4.69, 9.17) is 4.74 Å². The average molecular weight is 826 g/mol. The molecule has 2 N–H and O–H groups in total. The van der Waals surface area contributed by atoms with Crippen molar-refractivity contribution in [3.05, 3.63) is 179 Å². The Morgan fingerprint density at radius 2 is 0.855 bits per heavy atom. The van der Waals surface area contributed by atoms with E-state index in [9.17, 15) is 10.2 Å². The molecule has 0 unspecified atom stereocenters. The van der Waals surface area contributed by atoms with Crippen molar-refractivity contribution in [2.24, 2.45) is 0 Å². The van der Waals surface area contributed by atoms with E-state index in [1.54, 1.807) is 23.9 Å². The van der Waals surface area contributed by atoms with E-state index in [1.165, 1.54) is 44.5 Å². The summed E-state index contributed by atoms with van der Waals surface area (Å²) in [6, 6.07) is 51.1. The summed E-state index contributed by atoms with van der Waals surface area (Å²) in [4.78, 5) is 3.08. The summed E-state index contributed by atoms with van der Waals surface area (Å²) in [6.45, 7) is 13.4. The van der Waals surface area contributed by atoms with Gasteiger partial charge < -0.3 is 14.9 Å². The summed E-state index contributed by atoms with van der Waals surface area (Å²) in [6.07, 6.45) is 2.04. The Balaban J connectivity index is 1.14. The fraction of sp³-hybridized carbons (Fsp3) is 0.158. The zero-order valence-corrected chi connectivity index (χ0v) is 36.8. The zero-order valence-electron chi connectivity index (χ0n) is 36.0. The Morgan fingerprint density at radius 3 is 1.34 bits per heavy atom. The normalized spacial score (nSPS) is 14.6. The van der Waals surface area contributed by atoms with Gasteiger partial charge in [0.15, 0.2) is 11.5 Å². The summed E-state index contributed by atoms with van der Waals surface area (Å²) in [7, 11) is 0. The number of hydrogen-bond donors (Lipinski definition) is 2. The van der Waals surface area contributed by atoms with Crippen LogP contribution in [0.25, 0.3) is 55.6 Å². The Bertz CT molecular complexity index is 3030. The SMILES string of the molecule is CSc1ccccc1-c1cc(O)c(N2c3c(C)cc(-c4cccc5c4-c4ccccc4C5(C)C)cc3Oc3cc(-c4cccc5c4-c4ccccc4C5(C)C)cc(C)c32)c(O)c1. The number of rotatable bonds is 5. The summed E-state index contributed by atoms with van der Waals surface area (Å²) in [5, 5.41) is 24.4. The monoisotopic (exact) mass is 825 g/mol. The van der Waals surface area contributed by atoms with E-state index >= 15 is 0 Å². The van der Waals surface area contributed by atoms with Crippen LogP contribution in [0.15, 0.2) is 150 Å². The van der Waals surface area contributed by atoms with Gasteiger partial charge in [-0.3, -0.25) is 4.90 Å². The molecular formula is C57H47NO3S. The number of anilines is 3. The molecule has 0 aromatic heterocycles. The van der Waals surface area contributed by atoms with Crippen LogP contribution in [0.5, 0.6) is 23.0 Å². The zero-order chi connectivity index (χ0) is 42.8. The number of aromatic hydroxyl groups is 2. The third kappa shape index (κ3) is 5.40. The van der Waals surface area contributed by atoms with Crippen molar-refractivity contribution in [1.82, 2.24) is 0 Å². The van der Waals surface area contributed by atoms with E-state index in [0.29, 0.717) is 17.2 Å². The first-order valence-corrected chi connectivity index (χ1v) is 22.5. The Morgan fingerprint density at radius 1 is 0.452 bits per heavy atom. The van der Waals surface area contributed by atoms with Gasteiger partial charge >= 0.3 is 0 Å². The largest absolute Gasteiger partial charge is 0.506 e. The molecule has 304 valence electrons. The highest BCUT2D eigenvalue weighted by atomic mass is 32.2. The lowest BCUT2D eigenvalue weighted by Gasteiger charge is -2.36. The number of fused-ring (bicyclic) bond motifs is 8. The van der Waals surface area contributed by atoms with Gasteiger partial charge in [-0.2, -0.15) is 0 Å². The molecule has 0 bridgehead atoms. The predicted molar refractivity (Wildman–Crippen MR) is 257 cm³/mol. The molecule has 0 saturated carbocycles. The highest BCUT2D eigenvalue weighted by Gasteiger charge is 2.40. The van der Waals surface area contributed by atoms with Crippen LogP contribution in [0, 0.1) is 13.8 Å². The second kappa shape index (κ2) is 13.7. The first-order chi connectivity index (χ1) is 29.9. The van der Waals surface area contributed by atoms with Crippen LogP contribution >= 0.6 is 11.8 Å². The average Bonchev–Trinajstić information content (AvgIpc) is 3.65. The smallest absolute Gasteiger partial charge is 0.152 e. The molecule has 5 heteroatoms. The van der Waals surface area contributed by atoms with Gasteiger partial charge in [-0.1, -0.05) is 131 Å². The van der Waals surface area contributed by atoms with Crippen molar-refractivity contribution in [3.8, 4) is 78.6 Å². The number of ether oxygens (including phenoxy) is 1. The Kier molecular flexibility index (Phi) is 8.42. The molecule has 0 fully saturated rings. The maximum Gasteiger partial charge on any atom is 0.152 e. The van der Waals surface area contributed by atoms with Crippen molar-refractivity contribution in [2.45, 2.75) is 57.3 Å². The molecule has 8 aromatic rings. The predicted octanol–water partition coefficient (Wildman–Crippen LogP) is 15.6. The van der Waals surface area contributed by atoms with Crippen LogP contribution in [0.1, 0.15) is 61.1 Å². The first kappa shape index (κ1) is 38.2. The van der Waals surface area contributed by atoms with E-state index in [0.717, 1.165) is 60.8 Å². The van der Waals surface area contributed by atoms with Gasteiger partial charge in [0.1, 0.15) is 17.2 Å². The summed E-state index contributed by atoms with van der Waals surface area (Å²) < 4.78 is 7.17. The van der Waals surface area contributed by atoms with Crippen molar-refractivity contribution in [1.29, 1.82) is 0 Å². The minimum atomic E-state index is -0.143. The van der Waals surface area contributed by atoms with Gasteiger partial charge in [-0.15, -0.1) is 11.8 Å². The topological polar surface area (TPSA) is 52.9 Å². The van der Waals surface area contributed by atoms with Gasteiger partial charge in [-0.25, -0.2) is 0 Å². The maximum atomic E-state index is 12.2. The van der Waals surface area contributed by atoms with Gasteiger partial charge in [0.05, 0.1) is 11.4 Å². The molecule has 1 heterocycles. The number of phenols is 2. The van der Waals surface area contributed by atoms with Crippen molar-refractivity contribution in [3.63, 3.8) is 0 Å². The molecule has 0 atom stereocenters. The number of nitrogens with zero attached hydrogens (tertiary/aromatic N) is 1. The fourth-order valence-electron chi connectivity index (χ4n) is 10.9. The lowest BCUT2D eigenvalue weighted by Crippen LogP contribution is -2.19. The molecule has 2 aliphatic carbocycles. The molecule has 0 saturated heterocycles. The number of thioether (sulfide) groups is 1. The molecule has 8 aromatic carbocycles. The highest BCUT2D eigenvalue weighted by Crippen LogP contribution is 2.61. The molecule has 11 rings (SSSR count). The van der Waals surface area contributed by atoms with Crippen LogP contribution < -0.4 is 9.64 Å². The molecular weight excluding hydrogens is 779 g/mol. The van der Waals surface area contributed by atoms with E-state index in [2.05, 4.69) is 157 Å². The molecule has 1 aliphatic heterocycles. The number of hydrogen-bond acceptors (Lipinski definition) is 5. The quantitative estimate of drug-likeness (QED) is 0.169. The molecule has 0 radical (unpaired) electrons. The summed E-state index contributed by atoms with van der Waals surface area (Å²) in [5.74, 6) is 1.24. The maximum absolute atomic E-state index is 12.2. The fourth-order valence-corrected chi connectivity index (χ4v) is 11.5. The van der Waals surface area contributed by atoms with Crippen molar-refractivity contribution < 1.29 is 14.9 Å². The minimum absolute atomic E-state index is 0.0268. The van der Waals surface area contributed by atoms with E-state index < -0.39 is 0 Å². The molecule has 0 amide bonds. The third-order valence-electron chi connectivity index (χ3n) is 13.7. The van der Waals surface area contributed by atoms with Gasteiger partial charge in [-0.05, 0) is 152 Å². The molecule has 4 nitrogen and oxygen atoms in total. The van der Waals surface area contributed by atoms with Crippen molar-refractivity contribution >= 4 is 28.8 Å². The Hall–Kier alpha value is -6.69. The minimum Gasteiger partial charge on any atom is -0.506 e. The number of phenolic OH excluding ortho intramolecular Hbond substituents is 2. The van der Waals surface area contributed by atoms with E-state index in [1.807, 2.05) is 29.4 Å². The highest BCUT2D eigenvalue weighted by molar-refractivity contribution is 7.98. The van der Waals surface area contributed by atoms with Crippen LogP contribution in [0.2, 0.25) is 0 Å². The molecule has 0 spiro atoms. The van der Waals surface area contributed by atoms with Crippen LogP contribution in [-0.2, 0) is 10.8 Å². The van der Waals surface area contributed by atoms with Gasteiger partial charge in [0, 0.05) is 15.7 Å². The number of benzene rings is 8. The standard InChI is InChI=1S/C57H47NO3S/c1-32-26-34(38-19-14-23-44-51(38)40-17-8-11-21-42(40)56(44,3)4)30-48-53(32)58(55-46(59)28-36(29-47(55)60)37-16-10-13-25-50(37)62-7)54-33(2)27-35(31-49(54)61-48)39-20-15-24-45-52(39)41-18-9-12-22-43(41)57(45,5)6/h8-31,59-60H,1-7H3. The van der Waals surface area contributed by atoms with Crippen LogP contribution in [-0.4, -0.2) is 16.5 Å². The molecule has 3 aliphatic rings. The Labute approximate surface area is 368 Å². The number of aryl methyl sites for hydroxylation is 2. The molecule has 62 heavy (non-hydrogen) atoms. The van der Waals surface area contributed by atoms with E-state index in [-0.39, 0.29) is 22.3 Å². The van der Waals surface area contributed by atoms with Crippen molar-refractivity contribution in [2.75, 3.05) is 11.2 Å². The third-order valence-corrected chi connectivity index (χ3v) is 14.5. The second-order valence-electron chi connectivity index (χ2n) is 18.1. The summed E-state index contributed by atoms with van der Waals surface area (Å²) >= 11 is 1.64. The van der Waals surface area contributed by atoms with Crippen LogP contribution in [0.3, 0.4) is 0 Å². The van der Waals surface area contributed by atoms with Gasteiger partial charge in [0.2, 0.25) is 0 Å².